The van der Waals surface area contributed by atoms with Crippen molar-refractivity contribution in [2.24, 2.45) is 0 Å². The molecule has 0 saturated carbocycles. The first-order valence-corrected chi connectivity index (χ1v) is 10.5. The molecule has 0 bridgehead atoms. The Kier molecular flexibility index (Phi) is 6.77. The zero-order valence-corrected chi connectivity index (χ0v) is 17.6. The lowest BCUT2D eigenvalue weighted by molar-refractivity contribution is -0.384. The molecule has 10 nitrogen and oxygen atoms in total. The summed E-state index contributed by atoms with van der Waals surface area (Å²) in [4.78, 5) is 35.1. The molecule has 2 aromatic rings. The van der Waals surface area contributed by atoms with E-state index in [0.717, 1.165) is 16.6 Å². The number of hydrogen-bond acceptors (Lipinski definition) is 7. The zero-order chi connectivity index (χ0) is 22.6. The van der Waals surface area contributed by atoms with E-state index in [0.29, 0.717) is 11.3 Å². The number of benzene rings is 2. The monoisotopic (exact) mass is 435 g/mol. The number of carbonyl (C=O) groups excluding carboxylic acids is 2. The molecule has 1 amide bonds. The number of ether oxygens (including phenoxy) is 1. The molecule has 1 N–H and O–H groups in total. The highest BCUT2D eigenvalue weighted by Gasteiger charge is 2.30. The smallest absolute Gasteiger partial charge is 0.338 e. The summed E-state index contributed by atoms with van der Waals surface area (Å²) in [6.45, 7) is 2.97. The molecule has 1 atom stereocenters. The molecule has 0 aromatic heterocycles. The van der Waals surface area contributed by atoms with E-state index in [2.05, 4.69) is 5.32 Å². The van der Waals surface area contributed by atoms with Crippen molar-refractivity contribution in [2.75, 3.05) is 23.0 Å². The normalized spacial score (nSPS) is 12.0. The van der Waals surface area contributed by atoms with E-state index in [-0.39, 0.29) is 16.9 Å². The molecular weight excluding hydrogens is 414 g/mol. The van der Waals surface area contributed by atoms with Crippen LogP contribution in [0.15, 0.2) is 42.5 Å². The number of esters is 1. The molecule has 160 valence electrons. The zero-order valence-electron chi connectivity index (χ0n) is 16.8. The van der Waals surface area contributed by atoms with Crippen LogP contribution in [0.4, 0.5) is 17.1 Å². The Balaban J connectivity index is 2.40. The third kappa shape index (κ3) is 4.92. The van der Waals surface area contributed by atoms with E-state index < -0.39 is 32.9 Å². The second-order valence-electron chi connectivity index (χ2n) is 6.47. The number of anilines is 2. The van der Waals surface area contributed by atoms with Crippen LogP contribution >= 0.6 is 0 Å². The Morgan fingerprint density at radius 3 is 2.40 bits per heavy atom. The fourth-order valence-electron chi connectivity index (χ4n) is 2.89. The van der Waals surface area contributed by atoms with E-state index in [4.69, 9.17) is 4.74 Å². The van der Waals surface area contributed by atoms with Crippen LogP contribution in [0.1, 0.15) is 22.8 Å². The van der Waals surface area contributed by atoms with Crippen molar-refractivity contribution in [3.05, 3.63) is 63.7 Å². The molecule has 11 heteroatoms. The largest absolute Gasteiger partial charge is 0.465 e. The van der Waals surface area contributed by atoms with E-state index in [1.165, 1.54) is 38.3 Å². The molecular formula is C19H21N3O7S. The number of nitro benzene ring substituents is 1. The summed E-state index contributed by atoms with van der Waals surface area (Å²) in [6.07, 6.45) is 0.902. The maximum atomic E-state index is 12.8. The van der Waals surface area contributed by atoms with Crippen LogP contribution in [0.5, 0.6) is 0 Å². The van der Waals surface area contributed by atoms with Crippen molar-refractivity contribution in [1.82, 2.24) is 0 Å². The summed E-state index contributed by atoms with van der Waals surface area (Å²) in [5.41, 5.74) is 0.680. The van der Waals surface area contributed by atoms with Gasteiger partial charge in [-0.2, -0.15) is 0 Å². The minimum Gasteiger partial charge on any atom is -0.465 e. The first-order chi connectivity index (χ1) is 14.0. The lowest BCUT2D eigenvalue weighted by Gasteiger charge is -2.28. The van der Waals surface area contributed by atoms with E-state index in [9.17, 15) is 28.1 Å². The van der Waals surface area contributed by atoms with Gasteiger partial charge in [0.1, 0.15) is 6.04 Å². The summed E-state index contributed by atoms with van der Waals surface area (Å²) < 4.78 is 30.3. The van der Waals surface area contributed by atoms with Gasteiger partial charge in [-0.25, -0.2) is 13.2 Å². The topological polar surface area (TPSA) is 136 Å². The summed E-state index contributed by atoms with van der Waals surface area (Å²) in [6, 6.07) is 8.40. The Morgan fingerprint density at radius 1 is 1.20 bits per heavy atom. The van der Waals surface area contributed by atoms with Crippen molar-refractivity contribution in [3.8, 4) is 0 Å². The summed E-state index contributed by atoms with van der Waals surface area (Å²) in [5, 5.41) is 13.6. The van der Waals surface area contributed by atoms with Crippen LogP contribution in [-0.4, -0.2) is 44.6 Å². The fraction of sp³-hybridized carbons (Fsp3) is 0.263. The van der Waals surface area contributed by atoms with Crippen LogP contribution in [0, 0.1) is 17.0 Å². The van der Waals surface area contributed by atoms with Gasteiger partial charge in [-0.15, -0.1) is 0 Å². The number of carbonyl (C=O) groups is 2. The van der Waals surface area contributed by atoms with Crippen LogP contribution in [0.25, 0.3) is 0 Å². The average molecular weight is 435 g/mol. The molecule has 0 spiro atoms. The SMILES string of the molecule is COC(=O)c1cccc(NC(=O)C(C)N(c2cccc([N+](=O)[O-])c2)S(C)(=O)=O)c1C. The molecule has 0 radical (unpaired) electrons. The summed E-state index contributed by atoms with van der Waals surface area (Å²) in [5.74, 6) is -1.26. The van der Waals surface area contributed by atoms with Crippen molar-refractivity contribution in [1.29, 1.82) is 0 Å². The van der Waals surface area contributed by atoms with Crippen LogP contribution in [-0.2, 0) is 19.6 Å². The quantitative estimate of drug-likeness (QED) is 0.401. The molecule has 0 aliphatic rings. The number of nitrogens with one attached hydrogen (secondary N) is 1. The minimum absolute atomic E-state index is 0.0191. The van der Waals surface area contributed by atoms with Crippen molar-refractivity contribution < 1.29 is 27.7 Å². The number of nitro groups is 1. The first kappa shape index (κ1) is 22.8. The number of sulfonamides is 1. The molecule has 0 aliphatic heterocycles. The first-order valence-electron chi connectivity index (χ1n) is 8.70. The maximum absolute atomic E-state index is 12.8. The lowest BCUT2D eigenvalue weighted by Crippen LogP contribution is -2.45. The maximum Gasteiger partial charge on any atom is 0.338 e. The van der Waals surface area contributed by atoms with E-state index in [1.807, 2.05) is 0 Å². The van der Waals surface area contributed by atoms with Gasteiger partial charge in [-0.3, -0.25) is 19.2 Å². The van der Waals surface area contributed by atoms with E-state index in [1.54, 1.807) is 19.1 Å². The number of nitrogens with zero attached hydrogens (tertiary/aromatic N) is 2. The molecule has 2 rings (SSSR count). The van der Waals surface area contributed by atoms with Gasteiger partial charge in [0.05, 0.1) is 29.5 Å². The summed E-state index contributed by atoms with van der Waals surface area (Å²) >= 11 is 0. The number of amides is 1. The predicted octanol–water partition coefficient (Wildman–Crippen LogP) is 2.48. The van der Waals surface area contributed by atoms with Gasteiger partial charge in [0, 0.05) is 17.8 Å². The molecule has 0 fully saturated rings. The molecule has 30 heavy (non-hydrogen) atoms. The fourth-order valence-corrected chi connectivity index (χ4v) is 4.06. The molecule has 0 aliphatic carbocycles. The highest BCUT2D eigenvalue weighted by Crippen LogP contribution is 2.26. The highest BCUT2D eigenvalue weighted by atomic mass is 32.2. The average Bonchev–Trinajstić information content (AvgIpc) is 2.68. The predicted molar refractivity (Wildman–Crippen MR) is 111 cm³/mol. The Hall–Kier alpha value is -3.47. The lowest BCUT2D eigenvalue weighted by atomic mass is 10.1. The standard InChI is InChI=1S/C19H21N3O7S/c1-12-16(19(24)29-3)9-6-10-17(12)20-18(23)13(2)21(30(4,27)28)14-7-5-8-15(11-14)22(25)26/h5-11,13H,1-4H3,(H,20,23). The molecule has 2 aromatic carbocycles. The van der Waals surface area contributed by atoms with Crippen molar-refractivity contribution >= 4 is 39.0 Å². The van der Waals surface area contributed by atoms with E-state index >= 15 is 0 Å². The van der Waals surface area contributed by atoms with Crippen LogP contribution < -0.4 is 9.62 Å². The minimum atomic E-state index is -3.96. The van der Waals surface area contributed by atoms with Gasteiger partial charge in [0.25, 0.3) is 5.69 Å². The van der Waals surface area contributed by atoms with Gasteiger partial charge < -0.3 is 10.1 Å². The van der Waals surface area contributed by atoms with Crippen LogP contribution in [0.2, 0.25) is 0 Å². The van der Waals surface area contributed by atoms with Gasteiger partial charge in [-0.1, -0.05) is 12.1 Å². The Labute approximate surface area is 173 Å². The second-order valence-corrected chi connectivity index (χ2v) is 8.33. The third-order valence-electron chi connectivity index (χ3n) is 4.38. The van der Waals surface area contributed by atoms with Gasteiger partial charge in [0.2, 0.25) is 15.9 Å². The second kappa shape index (κ2) is 8.91. The number of rotatable bonds is 7. The molecule has 0 heterocycles. The van der Waals surface area contributed by atoms with Crippen LogP contribution in [0.3, 0.4) is 0 Å². The van der Waals surface area contributed by atoms with Gasteiger partial charge >= 0.3 is 5.97 Å². The summed E-state index contributed by atoms with van der Waals surface area (Å²) in [7, 11) is -2.72. The molecule has 1 unspecified atom stereocenters. The number of non-ortho nitro benzene ring substituents is 1. The Bertz CT molecular complexity index is 1100. The molecule has 0 saturated heterocycles. The van der Waals surface area contributed by atoms with Gasteiger partial charge in [-0.05, 0) is 37.6 Å². The Morgan fingerprint density at radius 2 is 1.83 bits per heavy atom. The number of methoxy groups -OCH3 is 1. The number of hydrogen-bond donors (Lipinski definition) is 1. The van der Waals surface area contributed by atoms with Gasteiger partial charge in [0.15, 0.2) is 0 Å². The van der Waals surface area contributed by atoms with Crippen molar-refractivity contribution in [3.63, 3.8) is 0 Å². The highest BCUT2D eigenvalue weighted by molar-refractivity contribution is 7.92. The third-order valence-corrected chi connectivity index (χ3v) is 5.62. The van der Waals surface area contributed by atoms with Crippen molar-refractivity contribution in [2.45, 2.75) is 19.9 Å².